The average molecular weight is 477 g/mol. The Labute approximate surface area is 206 Å². The molecule has 3 heterocycles. The van der Waals surface area contributed by atoms with Gasteiger partial charge in [0.15, 0.2) is 11.0 Å². The minimum absolute atomic E-state index is 0.0545. The summed E-state index contributed by atoms with van der Waals surface area (Å²) in [6.07, 6.45) is 6.80. The molecular formula is C29H36N2O4. The van der Waals surface area contributed by atoms with Crippen LogP contribution in [0.25, 0.3) is 22.3 Å². The molecule has 0 saturated carbocycles. The van der Waals surface area contributed by atoms with Crippen LogP contribution in [-0.2, 0) is 13.1 Å². The number of phenols is 2. The van der Waals surface area contributed by atoms with Crippen LogP contribution >= 0.6 is 0 Å². The topological polar surface area (TPSA) is 77.2 Å². The van der Waals surface area contributed by atoms with Gasteiger partial charge in [-0.05, 0) is 52.6 Å². The normalized spacial score (nSPS) is 22.0. The summed E-state index contributed by atoms with van der Waals surface area (Å²) in [5.74, 6) is 0.338. The highest BCUT2D eigenvalue weighted by molar-refractivity contribution is 5.91. The van der Waals surface area contributed by atoms with E-state index in [0.29, 0.717) is 47.6 Å². The van der Waals surface area contributed by atoms with Gasteiger partial charge in [0.2, 0.25) is 0 Å². The second kappa shape index (κ2) is 10.0. The number of benzene rings is 2. The van der Waals surface area contributed by atoms with Crippen molar-refractivity contribution in [2.75, 3.05) is 13.1 Å². The standard InChI is InChI=1S/C29H36N2O4/c1-19-10-6-8-14-30(19)17-22-27(33)23(18-31-15-9-7-11-20(31)2)29-26(28(22)34)24(32)16-25(35-29)21-12-4-3-5-13-21/h3-5,12-13,16,19-20,33-34H,6-11,14-15,17-18H2,1-2H3/t19-,20+/m1/s1. The van der Waals surface area contributed by atoms with Gasteiger partial charge in [0.25, 0.3) is 0 Å². The Bertz CT molecular complexity index is 1250. The van der Waals surface area contributed by atoms with Crippen LogP contribution in [-0.4, -0.2) is 45.2 Å². The molecule has 1 aromatic heterocycles. The third-order valence-electron chi connectivity index (χ3n) is 7.98. The van der Waals surface area contributed by atoms with Crippen molar-refractivity contribution in [3.63, 3.8) is 0 Å². The number of phenolic OH excluding ortho intramolecular Hbond substituents is 2. The van der Waals surface area contributed by atoms with E-state index in [4.69, 9.17) is 4.42 Å². The van der Waals surface area contributed by atoms with E-state index in [1.54, 1.807) is 0 Å². The third kappa shape index (κ3) is 4.69. The lowest BCUT2D eigenvalue weighted by Gasteiger charge is -2.35. The number of likely N-dealkylation sites (tertiary alicyclic amines) is 2. The highest BCUT2D eigenvalue weighted by Crippen LogP contribution is 2.42. The smallest absolute Gasteiger partial charge is 0.197 e. The van der Waals surface area contributed by atoms with Crippen molar-refractivity contribution >= 4 is 11.0 Å². The molecular weight excluding hydrogens is 440 g/mol. The molecule has 2 N–H and O–H groups in total. The molecule has 35 heavy (non-hydrogen) atoms. The monoisotopic (exact) mass is 476 g/mol. The summed E-state index contributed by atoms with van der Waals surface area (Å²) in [5.41, 5.74) is 1.82. The predicted molar refractivity (Wildman–Crippen MR) is 139 cm³/mol. The minimum Gasteiger partial charge on any atom is -0.507 e. The number of piperidine rings is 2. The molecule has 2 atom stereocenters. The summed E-state index contributed by atoms with van der Waals surface area (Å²) in [7, 11) is 0. The van der Waals surface area contributed by atoms with Crippen molar-refractivity contribution in [2.45, 2.75) is 77.5 Å². The Hall–Kier alpha value is -2.83. The van der Waals surface area contributed by atoms with Crippen molar-refractivity contribution in [3.8, 4) is 22.8 Å². The summed E-state index contributed by atoms with van der Waals surface area (Å²) in [6, 6.07) is 11.7. The molecule has 2 fully saturated rings. The average Bonchev–Trinajstić information content (AvgIpc) is 2.86. The van der Waals surface area contributed by atoms with Crippen LogP contribution in [0.2, 0.25) is 0 Å². The van der Waals surface area contributed by atoms with E-state index in [9.17, 15) is 15.0 Å². The maximum Gasteiger partial charge on any atom is 0.197 e. The molecule has 186 valence electrons. The summed E-state index contributed by atoms with van der Waals surface area (Å²) >= 11 is 0. The van der Waals surface area contributed by atoms with Crippen molar-refractivity contribution < 1.29 is 14.6 Å². The van der Waals surface area contributed by atoms with Gasteiger partial charge < -0.3 is 14.6 Å². The first-order valence-electron chi connectivity index (χ1n) is 13.0. The summed E-state index contributed by atoms with van der Waals surface area (Å²) in [4.78, 5) is 18.0. The third-order valence-corrected chi connectivity index (χ3v) is 7.98. The molecule has 5 rings (SSSR count). The highest BCUT2D eigenvalue weighted by atomic mass is 16.3. The summed E-state index contributed by atoms with van der Waals surface area (Å²) in [6.45, 7) is 7.14. The summed E-state index contributed by atoms with van der Waals surface area (Å²) in [5, 5.41) is 23.1. The molecule has 2 aromatic carbocycles. The molecule has 2 aliphatic heterocycles. The molecule has 6 heteroatoms. The second-order valence-electron chi connectivity index (χ2n) is 10.3. The first kappa shape index (κ1) is 23.9. The zero-order valence-corrected chi connectivity index (χ0v) is 20.8. The van der Waals surface area contributed by atoms with Crippen LogP contribution in [0.4, 0.5) is 0 Å². The molecule has 0 spiro atoms. The molecule has 0 radical (unpaired) electrons. The molecule has 3 aromatic rings. The van der Waals surface area contributed by atoms with Gasteiger partial charge in [-0.1, -0.05) is 43.2 Å². The van der Waals surface area contributed by atoms with Crippen molar-refractivity contribution in [2.24, 2.45) is 0 Å². The second-order valence-corrected chi connectivity index (χ2v) is 10.3. The Morgan fingerprint density at radius 1 is 0.857 bits per heavy atom. The highest BCUT2D eigenvalue weighted by Gasteiger charge is 2.29. The molecule has 2 aliphatic rings. The molecule has 6 nitrogen and oxygen atoms in total. The van der Waals surface area contributed by atoms with E-state index in [1.165, 1.54) is 18.9 Å². The van der Waals surface area contributed by atoms with E-state index < -0.39 is 0 Å². The molecule has 0 unspecified atom stereocenters. The zero-order chi connectivity index (χ0) is 24.5. The number of hydrogen-bond acceptors (Lipinski definition) is 6. The van der Waals surface area contributed by atoms with E-state index in [1.807, 2.05) is 30.3 Å². The summed E-state index contributed by atoms with van der Waals surface area (Å²) < 4.78 is 6.30. The van der Waals surface area contributed by atoms with Gasteiger partial charge in [0.1, 0.15) is 22.6 Å². The zero-order valence-electron chi connectivity index (χ0n) is 20.8. The lowest BCUT2D eigenvalue weighted by atomic mass is 9.96. The van der Waals surface area contributed by atoms with Gasteiger partial charge in [-0.3, -0.25) is 14.6 Å². The lowest BCUT2D eigenvalue weighted by Crippen LogP contribution is -2.37. The van der Waals surface area contributed by atoms with E-state index in [-0.39, 0.29) is 22.3 Å². The molecule has 0 aliphatic carbocycles. The molecule has 0 amide bonds. The fourth-order valence-electron chi connectivity index (χ4n) is 5.72. The van der Waals surface area contributed by atoms with Gasteiger partial charge in [-0.25, -0.2) is 0 Å². The SMILES string of the molecule is C[C@@H]1CCCCN1Cc1c(O)c(CN2CCCC[C@@H]2C)c2oc(-c3ccccc3)cc(=O)c2c1O. The Morgan fingerprint density at radius 3 is 2.06 bits per heavy atom. The van der Waals surface area contributed by atoms with Gasteiger partial charge >= 0.3 is 0 Å². The van der Waals surface area contributed by atoms with Crippen molar-refractivity contribution in [1.29, 1.82) is 0 Å². The largest absolute Gasteiger partial charge is 0.507 e. The van der Waals surface area contributed by atoms with Gasteiger partial charge in [0.05, 0.1) is 11.1 Å². The van der Waals surface area contributed by atoms with Gasteiger partial charge in [-0.2, -0.15) is 0 Å². The van der Waals surface area contributed by atoms with E-state index in [2.05, 4.69) is 23.6 Å². The number of aromatic hydroxyl groups is 2. The van der Waals surface area contributed by atoms with Crippen LogP contribution in [0, 0.1) is 0 Å². The van der Waals surface area contributed by atoms with Gasteiger partial charge in [0, 0.05) is 36.8 Å². The fraction of sp³-hybridized carbons (Fsp3) is 0.483. The van der Waals surface area contributed by atoms with Crippen molar-refractivity contribution in [1.82, 2.24) is 9.80 Å². The maximum atomic E-state index is 13.4. The molecule has 0 bridgehead atoms. The van der Waals surface area contributed by atoms with E-state index >= 15 is 0 Å². The van der Waals surface area contributed by atoms with Crippen LogP contribution < -0.4 is 5.43 Å². The first-order valence-corrected chi connectivity index (χ1v) is 13.0. The number of hydrogen-bond donors (Lipinski definition) is 2. The number of nitrogens with zero attached hydrogens (tertiary/aromatic N) is 2. The quantitative estimate of drug-likeness (QED) is 0.498. The van der Waals surface area contributed by atoms with Crippen LogP contribution in [0.3, 0.4) is 0 Å². The Kier molecular flexibility index (Phi) is 6.85. The van der Waals surface area contributed by atoms with Crippen LogP contribution in [0.5, 0.6) is 11.5 Å². The lowest BCUT2D eigenvalue weighted by molar-refractivity contribution is 0.146. The van der Waals surface area contributed by atoms with Gasteiger partial charge in [-0.15, -0.1) is 0 Å². The van der Waals surface area contributed by atoms with Crippen LogP contribution in [0.1, 0.15) is 63.5 Å². The number of rotatable bonds is 5. The maximum absolute atomic E-state index is 13.4. The number of fused-ring (bicyclic) bond motifs is 1. The van der Waals surface area contributed by atoms with Crippen LogP contribution in [0.15, 0.2) is 45.6 Å². The van der Waals surface area contributed by atoms with Crippen molar-refractivity contribution in [3.05, 3.63) is 57.7 Å². The van der Waals surface area contributed by atoms with E-state index in [0.717, 1.165) is 44.3 Å². The predicted octanol–water partition coefficient (Wildman–Crippen LogP) is 5.62. The first-order chi connectivity index (χ1) is 16.9. The fourth-order valence-corrected chi connectivity index (χ4v) is 5.72. The molecule has 2 saturated heterocycles. The Balaban J connectivity index is 1.68. The minimum atomic E-state index is -0.288. The Morgan fingerprint density at radius 2 is 1.46 bits per heavy atom.